The summed E-state index contributed by atoms with van der Waals surface area (Å²) in [6.07, 6.45) is 7.54. The highest BCUT2D eigenvalue weighted by molar-refractivity contribution is 6.61. The molecule has 1 aliphatic heterocycles. The van der Waals surface area contributed by atoms with Crippen LogP contribution in [0.1, 0.15) is 44.4 Å². The number of likely N-dealkylation sites (tertiary alicyclic amines) is 1. The van der Waals surface area contributed by atoms with Gasteiger partial charge in [0.15, 0.2) is 0 Å². The zero-order valence-electron chi connectivity index (χ0n) is 20.9. The molecule has 0 amide bonds. The summed E-state index contributed by atoms with van der Waals surface area (Å²) >= 11 is 0. The molecule has 5 nitrogen and oxygen atoms in total. The summed E-state index contributed by atoms with van der Waals surface area (Å²) in [5.41, 5.74) is 7.17. The lowest BCUT2D eigenvalue weighted by Gasteiger charge is -2.38. The molecule has 0 saturated carbocycles. The van der Waals surface area contributed by atoms with Crippen LogP contribution in [0.2, 0.25) is 0 Å². The Kier molecular flexibility index (Phi) is 9.01. The number of aliphatic imine (C=N–C) groups is 1. The second kappa shape index (κ2) is 11.9. The van der Waals surface area contributed by atoms with E-state index in [-0.39, 0.29) is 0 Å². The molecular formula is C27H37BN5. The van der Waals surface area contributed by atoms with E-state index in [2.05, 4.69) is 89.2 Å². The minimum absolute atomic E-state index is 0.538. The minimum atomic E-state index is 0.538. The Morgan fingerprint density at radius 1 is 1.24 bits per heavy atom. The molecule has 1 aromatic carbocycles. The first kappa shape index (κ1) is 24.9. The van der Waals surface area contributed by atoms with E-state index in [1.807, 2.05) is 20.1 Å². The van der Waals surface area contributed by atoms with E-state index in [1.54, 1.807) is 7.05 Å². The Balaban J connectivity index is 1.69. The second-order valence-electron chi connectivity index (χ2n) is 8.80. The summed E-state index contributed by atoms with van der Waals surface area (Å²) in [4.78, 5) is 9.05. The van der Waals surface area contributed by atoms with Crippen LogP contribution in [0.3, 0.4) is 0 Å². The van der Waals surface area contributed by atoms with Gasteiger partial charge in [-0.15, -0.1) is 0 Å². The molecule has 0 spiro atoms. The van der Waals surface area contributed by atoms with E-state index >= 15 is 0 Å². The van der Waals surface area contributed by atoms with Gasteiger partial charge in [0.25, 0.3) is 0 Å². The summed E-state index contributed by atoms with van der Waals surface area (Å²) in [6, 6.07) is 11.1. The molecule has 0 aliphatic carbocycles. The largest absolute Gasteiger partial charge is 0.383 e. The van der Waals surface area contributed by atoms with Gasteiger partial charge in [0.05, 0.1) is 11.4 Å². The molecule has 173 valence electrons. The molecule has 0 unspecified atom stereocenters. The summed E-state index contributed by atoms with van der Waals surface area (Å²) < 4.78 is 0. The molecule has 2 aromatic rings. The zero-order valence-corrected chi connectivity index (χ0v) is 20.9. The molecule has 0 atom stereocenters. The molecular weight excluding hydrogens is 405 g/mol. The first-order valence-corrected chi connectivity index (χ1v) is 12.0. The molecule has 1 aliphatic rings. The normalized spacial score (nSPS) is 15.7. The molecule has 0 N–H and O–H groups in total. The maximum atomic E-state index is 4.45. The fourth-order valence-electron chi connectivity index (χ4n) is 4.40. The van der Waals surface area contributed by atoms with Gasteiger partial charge in [-0.2, -0.15) is 10.2 Å². The van der Waals surface area contributed by atoms with Crippen molar-refractivity contribution in [2.75, 3.05) is 33.7 Å². The van der Waals surface area contributed by atoms with Gasteiger partial charge in [0.2, 0.25) is 7.28 Å². The topological polar surface area (TPSA) is 44.6 Å². The van der Waals surface area contributed by atoms with E-state index < -0.39 is 0 Å². The maximum absolute atomic E-state index is 4.45. The van der Waals surface area contributed by atoms with Crippen molar-refractivity contribution in [1.29, 1.82) is 0 Å². The lowest BCUT2D eigenvalue weighted by molar-refractivity contribution is 0.153. The minimum Gasteiger partial charge on any atom is -0.383 e. The number of piperidine rings is 1. The van der Waals surface area contributed by atoms with Crippen LogP contribution in [0.25, 0.3) is 16.8 Å². The van der Waals surface area contributed by atoms with Gasteiger partial charge in [0, 0.05) is 45.0 Å². The second-order valence-corrected chi connectivity index (χ2v) is 8.80. The van der Waals surface area contributed by atoms with Crippen molar-refractivity contribution in [3.63, 3.8) is 0 Å². The third-order valence-electron chi connectivity index (χ3n) is 6.53. The summed E-state index contributed by atoms with van der Waals surface area (Å²) in [7, 11) is 6.11. The van der Waals surface area contributed by atoms with Crippen molar-refractivity contribution in [1.82, 2.24) is 20.0 Å². The predicted octanol–water partition coefficient (Wildman–Crippen LogP) is 4.16. The van der Waals surface area contributed by atoms with E-state index in [0.717, 1.165) is 39.1 Å². The molecule has 1 aromatic heterocycles. The highest BCUT2D eigenvalue weighted by atomic mass is 15.2. The molecule has 2 heterocycles. The first-order chi connectivity index (χ1) is 16.0. The summed E-state index contributed by atoms with van der Waals surface area (Å²) in [5.74, 6) is 0. The lowest BCUT2D eigenvalue weighted by Crippen LogP contribution is -2.44. The number of benzene rings is 1. The van der Waals surface area contributed by atoms with E-state index in [4.69, 9.17) is 0 Å². The first-order valence-electron chi connectivity index (χ1n) is 12.0. The highest BCUT2D eigenvalue weighted by Crippen LogP contribution is 2.21. The van der Waals surface area contributed by atoms with Crippen molar-refractivity contribution >= 4 is 24.5 Å². The smallest absolute Gasteiger partial charge is 0.215 e. The van der Waals surface area contributed by atoms with Crippen LogP contribution in [0, 0.1) is 6.92 Å². The predicted molar refractivity (Wildman–Crippen MR) is 142 cm³/mol. The van der Waals surface area contributed by atoms with Crippen LogP contribution >= 0.6 is 0 Å². The van der Waals surface area contributed by atoms with Gasteiger partial charge < -0.3 is 9.80 Å². The van der Waals surface area contributed by atoms with Gasteiger partial charge in [-0.1, -0.05) is 49.3 Å². The lowest BCUT2D eigenvalue weighted by atomic mass is 9.65. The Bertz CT molecular complexity index is 988. The van der Waals surface area contributed by atoms with E-state index in [0.29, 0.717) is 6.04 Å². The van der Waals surface area contributed by atoms with Crippen LogP contribution in [0.4, 0.5) is 0 Å². The number of allylic oxidation sites excluding steroid dienone is 2. The maximum Gasteiger partial charge on any atom is 0.215 e. The van der Waals surface area contributed by atoms with Gasteiger partial charge in [-0.05, 0) is 62.5 Å². The Morgan fingerprint density at radius 2 is 1.94 bits per heavy atom. The Morgan fingerprint density at radius 3 is 2.55 bits per heavy atom. The van der Waals surface area contributed by atoms with Crippen LogP contribution in [0.15, 0.2) is 53.6 Å². The Labute approximate surface area is 200 Å². The number of hydrogen-bond donors (Lipinski definition) is 0. The average molecular weight is 442 g/mol. The number of hydrogen-bond acceptors (Lipinski definition) is 5. The molecule has 6 heteroatoms. The quantitative estimate of drug-likeness (QED) is 0.432. The van der Waals surface area contributed by atoms with Crippen LogP contribution in [0.5, 0.6) is 0 Å². The molecule has 1 radical (unpaired) electrons. The number of aryl methyl sites for hydroxylation is 1. The van der Waals surface area contributed by atoms with Gasteiger partial charge in [-0.25, -0.2) is 0 Å². The fourth-order valence-corrected chi connectivity index (χ4v) is 4.40. The average Bonchev–Trinajstić information content (AvgIpc) is 2.84. The van der Waals surface area contributed by atoms with Crippen molar-refractivity contribution < 1.29 is 0 Å². The molecule has 1 fully saturated rings. The van der Waals surface area contributed by atoms with E-state index in [9.17, 15) is 0 Å². The summed E-state index contributed by atoms with van der Waals surface area (Å²) in [6.45, 7) is 14.2. The SMILES string of the molecule is C=C([B]c1cc(-c2ccc(/C(C=NC)=C/C)cc2)nnc1C)N(C)C1CCN(CCC)CC1. The Hall–Kier alpha value is -2.73. The number of rotatable bonds is 9. The van der Waals surface area contributed by atoms with Crippen molar-refractivity contribution in [3.8, 4) is 11.3 Å². The van der Waals surface area contributed by atoms with Gasteiger partial charge in [-0.3, -0.25) is 4.99 Å². The van der Waals surface area contributed by atoms with Crippen molar-refractivity contribution in [2.45, 2.75) is 46.1 Å². The fraction of sp³-hybridized carbons (Fsp3) is 0.444. The summed E-state index contributed by atoms with van der Waals surface area (Å²) in [5, 5.41) is 8.88. The van der Waals surface area contributed by atoms with Crippen molar-refractivity contribution in [2.24, 2.45) is 4.99 Å². The third-order valence-corrected chi connectivity index (χ3v) is 6.53. The monoisotopic (exact) mass is 442 g/mol. The molecule has 1 saturated heterocycles. The number of aromatic nitrogens is 2. The van der Waals surface area contributed by atoms with Crippen LogP contribution in [-0.2, 0) is 0 Å². The number of nitrogens with zero attached hydrogens (tertiary/aromatic N) is 5. The highest BCUT2D eigenvalue weighted by Gasteiger charge is 2.23. The van der Waals surface area contributed by atoms with Crippen LogP contribution < -0.4 is 5.46 Å². The molecule has 3 rings (SSSR count). The zero-order chi connectivity index (χ0) is 23.8. The van der Waals surface area contributed by atoms with Gasteiger partial charge >= 0.3 is 0 Å². The van der Waals surface area contributed by atoms with Gasteiger partial charge in [0.1, 0.15) is 0 Å². The van der Waals surface area contributed by atoms with Crippen molar-refractivity contribution in [3.05, 3.63) is 59.8 Å². The molecule has 0 bridgehead atoms. The van der Waals surface area contributed by atoms with E-state index in [1.165, 1.54) is 38.9 Å². The molecule has 33 heavy (non-hydrogen) atoms. The standard InChI is InChI=1S/C27H37BN5/c1-7-15-33-16-13-25(14-17-33)32(6)21(4)28-26-18-27(31-30-20(26)3)24-11-9-23(10-12-24)22(8-2)19-29-5/h8-12,18-19,25H,4,7,13-17H2,1-3,5-6H3/b22-8+,29-19?. The third kappa shape index (κ3) is 6.41. The van der Waals surface area contributed by atoms with Crippen LogP contribution in [-0.4, -0.2) is 73.3 Å².